The number of rotatable bonds is 6. The van der Waals surface area contributed by atoms with E-state index in [0.717, 1.165) is 29.5 Å². The summed E-state index contributed by atoms with van der Waals surface area (Å²) >= 11 is 0. The molecule has 1 heterocycles. The molecule has 0 spiro atoms. The molecule has 4 rings (SSSR count). The van der Waals surface area contributed by atoms with Crippen molar-refractivity contribution in [3.63, 3.8) is 0 Å². The van der Waals surface area contributed by atoms with Crippen LogP contribution in [0.5, 0.6) is 11.5 Å². The Morgan fingerprint density at radius 3 is 2.58 bits per heavy atom. The van der Waals surface area contributed by atoms with Crippen LogP contribution in [0.2, 0.25) is 0 Å². The highest BCUT2D eigenvalue weighted by Gasteiger charge is 2.46. The van der Waals surface area contributed by atoms with Gasteiger partial charge in [0.25, 0.3) is 0 Å². The van der Waals surface area contributed by atoms with E-state index in [0.29, 0.717) is 17.2 Å². The standard InChI is InChI=1S/C26H29NO6/c1-14-13-21(16(3)24-19(14)9-10-20-15(2)26(30)33-25(20)24)32-23(29)12-11-22(28)27-17-5-7-18(31-4)8-6-17/h5-8,13,15,20,25H,9-12H2,1-4H3,(H,27,28)/t15-,20-,25+/m0/s1. The highest BCUT2D eigenvalue weighted by atomic mass is 16.6. The number of esters is 2. The van der Waals surface area contributed by atoms with Crippen LogP contribution >= 0.6 is 0 Å². The molecule has 33 heavy (non-hydrogen) atoms. The fourth-order valence-electron chi connectivity index (χ4n) is 4.82. The molecule has 7 nitrogen and oxygen atoms in total. The van der Waals surface area contributed by atoms with E-state index in [9.17, 15) is 14.4 Å². The Kier molecular flexibility index (Phi) is 6.40. The lowest BCUT2D eigenvalue weighted by molar-refractivity contribution is -0.144. The van der Waals surface area contributed by atoms with Crippen LogP contribution in [-0.2, 0) is 25.5 Å². The van der Waals surface area contributed by atoms with Crippen molar-refractivity contribution in [1.82, 2.24) is 0 Å². The molecule has 7 heteroatoms. The quantitative estimate of drug-likeness (QED) is 0.516. The van der Waals surface area contributed by atoms with Crippen LogP contribution in [0.3, 0.4) is 0 Å². The van der Waals surface area contributed by atoms with Crippen molar-refractivity contribution in [2.75, 3.05) is 12.4 Å². The molecular formula is C26H29NO6. The van der Waals surface area contributed by atoms with Crippen LogP contribution in [0, 0.1) is 25.7 Å². The Bertz CT molecular complexity index is 1090. The zero-order valence-electron chi connectivity index (χ0n) is 19.4. The largest absolute Gasteiger partial charge is 0.497 e. The molecule has 1 aliphatic carbocycles. The molecule has 0 bridgehead atoms. The average molecular weight is 452 g/mol. The van der Waals surface area contributed by atoms with Crippen LogP contribution in [0.1, 0.15) is 54.5 Å². The summed E-state index contributed by atoms with van der Waals surface area (Å²) in [5, 5.41) is 2.76. The van der Waals surface area contributed by atoms with E-state index in [1.807, 2.05) is 26.8 Å². The van der Waals surface area contributed by atoms with Gasteiger partial charge < -0.3 is 19.5 Å². The van der Waals surface area contributed by atoms with Crippen LogP contribution in [-0.4, -0.2) is 25.0 Å². The van der Waals surface area contributed by atoms with Crippen molar-refractivity contribution < 1.29 is 28.6 Å². The van der Waals surface area contributed by atoms with Crippen molar-refractivity contribution in [2.24, 2.45) is 11.8 Å². The summed E-state index contributed by atoms with van der Waals surface area (Å²) in [5.74, 6) is 0.259. The van der Waals surface area contributed by atoms with Crippen molar-refractivity contribution in [1.29, 1.82) is 0 Å². The van der Waals surface area contributed by atoms with Crippen molar-refractivity contribution >= 4 is 23.5 Å². The number of methoxy groups -OCH3 is 1. The number of ether oxygens (including phenoxy) is 3. The topological polar surface area (TPSA) is 90.9 Å². The van der Waals surface area contributed by atoms with E-state index in [2.05, 4.69) is 5.32 Å². The van der Waals surface area contributed by atoms with Crippen LogP contribution in [0.25, 0.3) is 0 Å². The monoisotopic (exact) mass is 451 g/mol. The summed E-state index contributed by atoms with van der Waals surface area (Å²) in [7, 11) is 1.57. The Balaban J connectivity index is 1.41. The normalized spacial score (nSPS) is 21.0. The summed E-state index contributed by atoms with van der Waals surface area (Å²) < 4.78 is 16.5. The van der Waals surface area contributed by atoms with Gasteiger partial charge in [0.15, 0.2) is 0 Å². The summed E-state index contributed by atoms with van der Waals surface area (Å²) in [6, 6.07) is 8.83. The molecule has 0 unspecified atom stereocenters. The second kappa shape index (κ2) is 9.25. The number of benzene rings is 2. The number of carbonyl (C=O) groups excluding carboxylic acids is 3. The lowest BCUT2D eigenvalue weighted by Crippen LogP contribution is -2.23. The Morgan fingerprint density at radius 2 is 1.88 bits per heavy atom. The summed E-state index contributed by atoms with van der Waals surface area (Å²) in [4.78, 5) is 36.9. The van der Waals surface area contributed by atoms with E-state index in [1.165, 1.54) is 5.56 Å². The molecule has 2 aromatic rings. The first-order chi connectivity index (χ1) is 15.8. The molecule has 2 aromatic carbocycles. The van der Waals surface area contributed by atoms with Gasteiger partial charge in [-0.1, -0.05) is 6.92 Å². The predicted molar refractivity (Wildman–Crippen MR) is 122 cm³/mol. The van der Waals surface area contributed by atoms with Crippen LogP contribution < -0.4 is 14.8 Å². The van der Waals surface area contributed by atoms with Gasteiger partial charge in [0, 0.05) is 23.6 Å². The van der Waals surface area contributed by atoms with E-state index in [1.54, 1.807) is 31.4 Å². The minimum absolute atomic E-state index is 0.00760. The molecule has 1 fully saturated rings. The molecule has 0 aromatic heterocycles. The van der Waals surface area contributed by atoms with Gasteiger partial charge >= 0.3 is 11.9 Å². The lowest BCUT2D eigenvalue weighted by Gasteiger charge is -2.31. The third kappa shape index (κ3) is 4.58. The van der Waals surface area contributed by atoms with Crippen molar-refractivity contribution in [3.8, 4) is 11.5 Å². The number of hydrogen-bond donors (Lipinski definition) is 1. The molecule has 3 atom stereocenters. The molecule has 1 saturated heterocycles. The molecule has 1 aliphatic heterocycles. The fourth-order valence-corrected chi connectivity index (χ4v) is 4.82. The van der Waals surface area contributed by atoms with E-state index in [4.69, 9.17) is 14.2 Å². The van der Waals surface area contributed by atoms with Crippen LogP contribution in [0.4, 0.5) is 5.69 Å². The molecule has 1 N–H and O–H groups in total. The molecular weight excluding hydrogens is 422 g/mol. The summed E-state index contributed by atoms with van der Waals surface area (Å²) in [5.41, 5.74) is 4.62. The van der Waals surface area contributed by atoms with Gasteiger partial charge in [0.2, 0.25) is 5.91 Å². The summed E-state index contributed by atoms with van der Waals surface area (Å²) in [6.45, 7) is 5.80. The summed E-state index contributed by atoms with van der Waals surface area (Å²) in [6.07, 6.45) is 1.46. The van der Waals surface area contributed by atoms with Gasteiger partial charge in [-0.05, 0) is 73.7 Å². The number of fused-ring (bicyclic) bond motifs is 3. The van der Waals surface area contributed by atoms with Gasteiger partial charge in [0.1, 0.15) is 17.6 Å². The average Bonchev–Trinajstić information content (AvgIpc) is 3.09. The van der Waals surface area contributed by atoms with Gasteiger partial charge in [-0.15, -0.1) is 0 Å². The van der Waals surface area contributed by atoms with Crippen molar-refractivity contribution in [2.45, 2.75) is 52.6 Å². The molecule has 0 saturated carbocycles. The van der Waals surface area contributed by atoms with Crippen LogP contribution in [0.15, 0.2) is 30.3 Å². The van der Waals surface area contributed by atoms with Gasteiger partial charge in [-0.25, -0.2) is 0 Å². The first-order valence-corrected chi connectivity index (χ1v) is 11.3. The number of aryl methyl sites for hydroxylation is 1. The molecule has 1 amide bonds. The molecule has 174 valence electrons. The number of hydrogen-bond acceptors (Lipinski definition) is 6. The smallest absolute Gasteiger partial charge is 0.311 e. The minimum atomic E-state index is -0.480. The van der Waals surface area contributed by atoms with Gasteiger partial charge in [-0.2, -0.15) is 0 Å². The van der Waals surface area contributed by atoms with Crippen molar-refractivity contribution in [3.05, 3.63) is 52.6 Å². The van der Waals surface area contributed by atoms with Gasteiger partial charge in [0.05, 0.1) is 19.4 Å². The maximum atomic E-state index is 12.5. The highest BCUT2D eigenvalue weighted by Crippen LogP contribution is 2.49. The molecule has 0 radical (unpaired) electrons. The Labute approximate surface area is 193 Å². The lowest BCUT2D eigenvalue weighted by atomic mass is 9.74. The highest BCUT2D eigenvalue weighted by molar-refractivity contribution is 5.92. The van der Waals surface area contributed by atoms with E-state index >= 15 is 0 Å². The Morgan fingerprint density at radius 1 is 1.15 bits per heavy atom. The zero-order valence-corrected chi connectivity index (χ0v) is 19.4. The maximum absolute atomic E-state index is 12.5. The van der Waals surface area contributed by atoms with E-state index < -0.39 is 5.97 Å². The van der Waals surface area contributed by atoms with Gasteiger partial charge in [-0.3, -0.25) is 14.4 Å². The number of nitrogens with one attached hydrogen (secondary N) is 1. The third-order valence-electron chi connectivity index (χ3n) is 6.73. The second-order valence-corrected chi connectivity index (χ2v) is 8.81. The fraction of sp³-hybridized carbons (Fsp3) is 0.423. The first-order valence-electron chi connectivity index (χ1n) is 11.3. The number of amides is 1. The number of carbonyl (C=O) groups is 3. The minimum Gasteiger partial charge on any atom is -0.497 e. The maximum Gasteiger partial charge on any atom is 0.311 e. The SMILES string of the molecule is COc1ccc(NC(=O)CCC(=O)Oc2cc(C)c3c(c2C)[C@@H]2OC(=O)[C@@H](C)[C@@H]2CC3)cc1. The van der Waals surface area contributed by atoms with E-state index in [-0.39, 0.29) is 42.7 Å². The third-order valence-corrected chi connectivity index (χ3v) is 6.73. The number of anilines is 1. The first kappa shape index (κ1) is 22.8. The molecule has 2 aliphatic rings. The zero-order chi connectivity index (χ0) is 23.7. The Hall–Kier alpha value is -3.35. The predicted octanol–water partition coefficient (Wildman–Crippen LogP) is 4.43. The second-order valence-electron chi connectivity index (χ2n) is 8.81.